The molecule has 0 aliphatic rings. The Morgan fingerprint density at radius 3 is 2.22 bits per heavy atom. The van der Waals surface area contributed by atoms with Crippen molar-refractivity contribution in [2.24, 2.45) is 0 Å². The van der Waals surface area contributed by atoms with Crippen LogP contribution in [0.25, 0.3) is 0 Å². The van der Waals surface area contributed by atoms with Gasteiger partial charge in [-0.15, -0.1) is 0 Å². The Balaban J connectivity index is 2.54. The second-order valence-corrected chi connectivity index (χ2v) is 7.63. The molecular weight excluding hydrogens is 378 g/mol. The van der Waals surface area contributed by atoms with Gasteiger partial charge in [0, 0.05) is 4.47 Å². The lowest BCUT2D eigenvalue weighted by molar-refractivity contribution is 0.403. The molecule has 124 valence electrons. The number of rotatable bonds is 6. The molecule has 0 unspecified atom stereocenters. The van der Waals surface area contributed by atoms with Crippen molar-refractivity contribution >= 4 is 31.6 Å². The van der Waals surface area contributed by atoms with Gasteiger partial charge in [0.2, 0.25) is 0 Å². The molecule has 2 aromatic carbocycles. The fraction of sp³-hybridized carbons (Fsp3) is 0.294. The molecule has 0 heterocycles. The number of hydrogen-bond donors (Lipinski definition) is 1. The van der Waals surface area contributed by atoms with Gasteiger partial charge < -0.3 is 4.74 Å². The van der Waals surface area contributed by atoms with Gasteiger partial charge in [-0.1, -0.05) is 48.0 Å². The van der Waals surface area contributed by atoms with Gasteiger partial charge in [-0.05, 0) is 42.2 Å². The number of anilines is 1. The maximum absolute atomic E-state index is 12.9. The predicted octanol–water partition coefficient (Wildman–Crippen LogP) is 4.38. The molecule has 0 fully saturated rings. The third kappa shape index (κ3) is 3.87. The molecule has 0 aliphatic carbocycles. The number of sulfonamides is 1. The number of nitrogens with one attached hydrogen (secondary N) is 1. The number of aryl methyl sites for hydroxylation is 2. The minimum atomic E-state index is -3.75. The molecule has 2 rings (SSSR count). The molecule has 4 nitrogen and oxygen atoms in total. The maximum Gasteiger partial charge on any atom is 0.265 e. The van der Waals surface area contributed by atoms with Crippen LogP contribution in [0.1, 0.15) is 25.0 Å². The van der Waals surface area contributed by atoms with Crippen LogP contribution in [0, 0.1) is 0 Å². The Labute approximate surface area is 146 Å². The zero-order valence-electron chi connectivity index (χ0n) is 13.4. The van der Waals surface area contributed by atoms with E-state index in [1.807, 2.05) is 32.0 Å². The van der Waals surface area contributed by atoms with Crippen molar-refractivity contribution in [1.29, 1.82) is 0 Å². The van der Waals surface area contributed by atoms with Crippen LogP contribution >= 0.6 is 15.9 Å². The minimum Gasteiger partial charge on any atom is -0.495 e. The highest BCUT2D eigenvalue weighted by Crippen LogP contribution is 2.31. The monoisotopic (exact) mass is 397 g/mol. The summed E-state index contributed by atoms with van der Waals surface area (Å²) in [6, 6.07) is 10.8. The number of hydrogen-bond acceptors (Lipinski definition) is 3. The van der Waals surface area contributed by atoms with Gasteiger partial charge in [0.05, 0.1) is 12.8 Å². The Bertz CT molecular complexity index is 781. The second kappa shape index (κ2) is 7.36. The van der Waals surface area contributed by atoms with E-state index in [0.717, 1.165) is 24.0 Å². The summed E-state index contributed by atoms with van der Waals surface area (Å²) in [5.74, 6) is 0.313. The average molecular weight is 398 g/mol. The summed E-state index contributed by atoms with van der Waals surface area (Å²) >= 11 is 3.31. The van der Waals surface area contributed by atoms with E-state index < -0.39 is 10.0 Å². The SMILES string of the molecule is CCc1cccc(CC)c1NS(=O)(=O)c1cc(Br)ccc1OC. The van der Waals surface area contributed by atoms with Crippen molar-refractivity contribution < 1.29 is 13.2 Å². The van der Waals surface area contributed by atoms with Crippen molar-refractivity contribution in [3.05, 3.63) is 52.0 Å². The lowest BCUT2D eigenvalue weighted by atomic mass is 10.0. The molecule has 2 aromatic rings. The molecule has 0 amide bonds. The molecule has 0 aromatic heterocycles. The normalized spacial score (nSPS) is 11.3. The van der Waals surface area contributed by atoms with Crippen molar-refractivity contribution in [2.75, 3.05) is 11.8 Å². The molecule has 0 spiro atoms. The molecule has 1 N–H and O–H groups in total. The Morgan fingerprint density at radius 1 is 1.09 bits per heavy atom. The Morgan fingerprint density at radius 2 is 1.70 bits per heavy atom. The van der Waals surface area contributed by atoms with Gasteiger partial charge in [-0.3, -0.25) is 4.72 Å². The molecule has 0 saturated carbocycles. The smallest absolute Gasteiger partial charge is 0.265 e. The van der Waals surface area contributed by atoms with Gasteiger partial charge in [0.25, 0.3) is 10.0 Å². The van der Waals surface area contributed by atoms with E-state index >= 15 is 0 Å². The molecule has 0 saturated heterocycles. The van der Waals surface area contributed by atoms with E-state index in [9.17, 15) is 8.42 Å². The van der Waals surface area contributed by atoms with E-state index in [1.54, 1.807) is 18.2 Å². The Kier molecular flexibility index (Phi) is 5.70. The maximum atomic E-state index is 12.9. The third-order valence-corrected chi connectivity index (χ3v) is 5.51. The number of ether oxygens (including phenoxy) is 1. The lowest BCUT2D eigenvalue weighted by Crippen LogP contribution is -2.16. The number of para-hydroxylation sites is 1. The molecule has 6 heteroatoms. The summed E-state index contributed by atoms with van der Waals surface area (Å²) in [4.78, 5) is 0.113. The molecule has 0 bridgehead atoms. The van der Waals surface area contributed by atoms with Gasteiger partial charge >= 0.3 is 0 Å². The first-order valence-corrected chi connectivity index (χ1v) is 9.67. The summed E-state index contributed by atoms with van der Waals surface area (Å²) in [5, 5.41) is 0. The molecule has 0 radical (unpaired) electrons. The molecule has 0 atom stereocenters. The van der Waals surface area contributed by atoms with Crippen LogP contribution in [0.15, 0.2) is 45.8 Å². The van der Waals surface area contributed by atoms with E-state index in [2.05, 4.69) is 20.7 Å². The molecule has 23 heavy (non-hydrogen) atoms. The standard InChI is InChI=1S/C17H20BrNO3S/c1-4-12-7-6-8-13(5-2)17(12)19-23(20,21)16-11-14(18)9-10-15(16)22-3/h6-11,19H,4-5H2,1-3H3. The van der Waals surface area contributed by atoms with Crippen LogP contribution < -0.4 is 9.46 Å². The number of benzene rings is 2. The average Bonchev–Trinajstić information content (AvgIpc) is 2.54. The van der Waals surface area contributed by atoms with Crippen LogP contribution in [0.2, 0.25) is 0 Å². The van der Waals surface area contributed by atoms with Crippen LogP contribution in [-0.2, 0) is 22.9 Å². The van der Waals surface area contributed by atoms with Crippen LogP contribution in [-0.4, -0.2) is 15.5 Å². The summed E-state index contributed by atoms with van der Waals surface area (Å²) in [6.45, 7) is 4.01. The highest BCUT2D eigenvalue weighted by Gasteiger charge is 2.22. The largest absolute Gasteiger partial charge is 0.495 e. The van der Waals surface area contributed by atoms with Gasteiger partial charge in [-0.25, -0.2) is 8.42 Å². The fourth-order valence-electron chi connectivity index (χ4n) is 2.42. The second-order valence-electron chi connectivity index (χ2n) is 5.06. The topological polar surface area (TPSA) is 55.4 Å². The van der Waals surface area contributed by atoms with Gasteiger partial charge in [0.15, 0.2) is 0 Å². The van der Waals surface area contributed by atoms with E-state index in [0.29, 0.717) is 15.9 Å². The van der Waals surface area contributed by atoms with Crippen molar-refractivity contribution in [3.63, 3.8) is 0 Å². The van der Waals surface area contributed by atoms with Gasteiger partial charge in [0.1, 0.15) is 10.6 Å². The van der Waals surface area contributed by atoms with Crippen LogP contribution in [0.4, 0.5) is 5.69 Å². The summed E-state index contributed by atoms with van der Waals surface area (Å²) in [7, 11) is -2.29. The summed E-state index contributed by atoms with van der Waals surface area (Å²) in [6.07, 6.45) is 1.50. The van der Waals surface area contributed by atoms with Crippen LogP contribution in [0.3, 0.4) is 0 Å². The quantitative estimate of drug-likeness (QED) is 0.786. The number of halogens is 1. The minimum absolute atomic E-state index is 0.113. The van der Waals surface area contributed by atoms with Crippen LogP contribution in [0.5, 0.6) is 5.75 Å². The fourth-order valence-corrected chi connectivity index (χ4v) is 4.28. The predicted molar refractivity (Wildman–Crippen MR) is 96.7 cm³/mol. The third-order valence-electron chi connectivity index (χ3n) is 3.65. The zero-order valence-corrected chi connectivity index (χ0v) is 15.8. The first-order chi connectivity index (χ1) is 10.9. The first-order valence-electron chi connectivity index (χ1n) is 7.40. The highest BCUT2D eigenvalue weighted by molar-refractivity contribution is 9.10. The van der Waals surface area contributed by atoms with E-state index in [4.69, 9.17) is 4.74 Å². The lowest BCUT2D eigenvalue weighted by Gasteiger charge is -2.17. The first kappa shape index (κ1) is 17.8. The van der Waals surface area contributed by atoms with E-state index in [-0.39, 0.29) is 4.90 Å². The summed E-state index contributed by atoms with van der Waals surface area (Å²) in [5.41, 5.74) is 2.61. The Hall–Kier alpha value is -1.53. The number of methoxy groups -OCH3 is 1. The van der Waals surface area contributed by atoms with Gasteiger partial charge in [-0.2, -0.15) is 0 Å². The zero-order chi connectivity index (χ0) is 17.0. The molecular formula is C17H20BrNO3S. The van der Waals surface area contributed by atoms with Crippen molar-refractivity contribution in [2.45, 2.75) is 31.6 Å². The van der Waals surface area contributed by atoms with E-state index in [1.165, 1.54) is 7.11 Å². The molecule has 0 aliphatic heterocycles. The highest BCUT2D eigenvalue weighted by atomic mass is 79.9. The van der Waals surface area contributed by atoms with Crippen molar-refractivity contribution in [3.8, 4) is 5.75 Å². The summed E-state index contributed by atoms with van der Waals surface area (Å²) < 4.78 is 34.3. The van der Waals surface area contributed by atoms with Crippen molar-refractivity contribution in [1.82, 2.24) is 0 Å².